The van der Waals surface area contributed by atoms with Crippen molar-refractivity contribution in [3.63, 3.8) is 0 Å². The van der Waals surface area contributed by atoms with Gasteiger partial charge in [0.2, 0.25) is 10.0 Å². The number of alkyl halides is 3. The number of nitrogens with zero attached hydrogens (tertiary/aromatic N) is 1. The minimum atomic E-state index is -4.71. The molecule has 1 N–H and O–H groups in total. The summed E-state index contributed by atoms with van der Waals surface area (Å²) >= 11 is 1.66. The van der Waals surface area contributed by atoms with E-state index in [4.69, 9.17) is 6.57 Å². The Morgan fingerprint density at radius 2 is 1.94 bits per heavy atom. The lowest BCUT2D eigenvalue weighted by molar-refractivity contribution is -0.136. The van der Waals surface area contributed by atoms with Crippen LogP contribution in [-0.4, -0.2) is 14.7 Å². The number of benzene rings is 1. The van der Waals surface area contributed by atoms with E-state index >= 15 is 0 Å². The zero-order chi connectivity index (χ0) is 14.1. The average molecular weight is 390 g/mol. The van der Waals surface area contributed by atoms with Crippen LogP contribution in [0.1, 0.15) is 5.56 Å². The normalized spacial score (nSPS) is 12.0. The highest BCUT2D eigenvalue weighted by atomic mass is 127. The lowest BCUT2D eigenvalue weighted by atomic mass is 10.1. The molecule has 0 fully saturated rings. The molecule has 0 aliphatic rings. The van der Waals surface area contributed by atoms with Gasteiger partial charge in [0.15, 0.2) is 5.69 Å². The van der Waals surface area contributed by atoms with E-state index in [-0.39, 0.29) is 9.26 Å². The van der Waals surface area contributed by atoms with Crippen molar-refractivity contribution in [1.29, 1.82) is 0 Å². The molecular weight excluding hydrogens is 384 g/mol. The van der Waals surface area contributed by atoms with Crippen LogP contribution in [-0.2, 0) is 16.2 Å². The quantitative estimate of drug-likeness (QED) is 0.623. The summed E-state index contributed by atoms with van der Waals surface area (Å²) in [6.07, 6.45) is -3.88. The van der Waals surface area contributed by atoms with Crippen molar-refractivity contribution in [3.8, 4) is 0 Å². The molecule has 0 aliphatic carbocycles. The van der Waals surface area contributed by atoms with Crippen molar-refractivity contribution >= 4 is 44.0 Å². The number of halogens is 4. The topological polar surface area (TPSA) is 50.5 Å². The number of sulfonamides is 1. The maximum absolute atomic E-state index is 12.7. The van der Waals surface area contributed by atoms with Gasteiger partial charge in [0.25, 0.3) is 0 Å². The minimum Gasteiger partial charge on any atom is -0.283 e. The molecule has 0 unspecified atom stereocenters. The fraction of sp³-hybridized carbons (Fsp3) is 0.222. The minimum absolute atomic E-state index is 0.196. The van der Waals surface area contributed by atoms with E-state index in [1.165, 1.54) is 0 Å². The maximum atomic E-state index is 12.7. The van der Waals surface area contributed by atoms with Gasteiger partial charge in [0, 0.05) is 3.57 Å². The van der Waals surface area contributed by atoms with Crippen molar-refractivity contribution in [2.75, 3.05) is 11.0 Å². The molecule has 0 radical (unpaired) electrons. The van der Waals surface area contributed by atoms with Gasteiger partial charge in [-0.2, -0.15) is 13.2 Å². The summed E-state index contributed by atoms with van der Waals surface area (Å²) in [7, 11) is -3.68. The predicted molar refractivity (Wildman–Crippen MR) is 68.9 cm³/mol. The van der Waals surface area contributed by atoms with E-state index in [0.717, 1.165) is 12.3 Å². The maximum Gasteiger partial charge on any atom is 0.407 e. The van der Waals surface area contributed by atoms with E-state index in [1.54, 1.807) is 22.6 Å². The largest absolute Gasteiger partial charge is 0.407 e. The van der Waals surface area contributed by atoms with Crippen molar-refractivity contribution < 1.29 is 21.6 Å². The monoisotopic (exact) mass is 390 g/mol. The predicted octanol–water partition coefficient (Wildman–Crippen LogP) is 3.23. The molecule has 1 aromatic carbocycles. The highest BCUT2D eigenvalue weighted by molar-refractivity contribution is 14.1. The molecule has 0 bridgehead atoms. The summed E-state index contributed by atoms with van der Waals surface area (Å²) < 4.78 is 62.2. The third-order valence-corrected chi connectivity index (χ3v) is 3.29. The first-order valence-electron chi connectivity index (χ1n) is 4.30. The summed E-state index contributed by atoms with van der Waals surface area (Å²) in [4.78, 5) is 2.78. The fourth-order valence-electron chi connectivity index (χ4n) is 1.16. The molecule has 98 valence electrons. The van der Waals surface area contributed by atoms with Crippen molar-refractivity contribution in [3.05, 3.63) is 32.7 Å². The number of rotatable bonds is 2. The third kappa shape index (κ3) is 3.74. The molecule has 1 aromatic rings. The second-order valence-electron chi connectivity index (χ2n) is 3.33. The molecule has 1 rings (SSSR count). The highest BCUT2D eigenvalue weighted by Crippen LogP contribution is 2.40. The third-order valence-electron chi connectivity index (χ3n) is 1.81. The Morgan fingerprint density at radius 1 is 1.39 bits per heavy atom. The Labute approximate surface area is 115 Å². The van der Waals surface area contributed by atoms with Gasteiger partial charge < -0.3 is 0 Å². The molecule has 4 nitrogen and oxygen atoms in total. The Bertz CT molecular complexity index is 620. The SMILES string of the molecule is [C-]#[N+]c1cc(I)c(NS(C)(=O)=O)cc1C(F)(F)F. The zero-order valence-electron chi connectivity index (χ0n) is 8.84. The second kappa shape index (κ2) is 4.93. The van der Waals surface area contributed by atoms with Crippen LogP contribution in [0.3, 0.4) is 0 Å². The molecule has 0 aliphatic heterocycles. The van der Waals surface area contributed by atoms with Crippen molar-refractivity contribution in [1.82, 2.24) is 0 Å². The first-order chi connectivity index (χ1) is 8.04. The lowest BCUT2D eigenvalue weighted by Gasteiger charge is -2.13. The average Bonchev–Trinajstić information content (AvgIpc) is 2.16. The number of hydrogen-bond donors (Lipinski definition) is 1. The van der Waals surface area contributed by atoms with Crippen LogP contribution in [0.4, 0.5) is 24.5 Å². The molecule has 9 heteroatoms. The van der Waals surface area contributed by atoms with Crippen molar-refractivity contribution in [2.45, 2.75) is 6.18 Å². The molecular formula is C9H6F3IN2O2S. The molecule has 0 saturated carbocycles. The first-order valence-corrected chi connectivity index (χ1v) is 7.27. The Morgan fingerprint density at radius 3 is 2.33 bits per heavy atom. The van der Waals surface area contributed by atoms with E-state index in [2.05, 4.69) is 4.85 Å². The molecule has 0 saturated heterocycles. The summed E-state index contributed by atoms with van der Waals surface area (Å²) in [5.74, 6) is 0. The van der Waals surface area contributed by atoms with Crippen LogP contribution in [0.2, 0.25) is 0 Å². The summed E-state index contributed by atoms with van der Waals surface area (Å²) in [6, 6.07) is 1.61. The van der Waals surface area contributed by atoms with Crippen LogP contribution in [0, 0.1) is 10.1 Å². The number of anilines is 1. The Kier molecular flexibility index (Phi) is 4.12. The molecule has 0 atom stereocenters. The highest BCUT2D eigenvalue weighted by Gasteiger charge is 2.34. The van der Waals surface area contributed by atoms with Gasteiger partial charge in [-0.1, -0.05) is 0 Å². The van der Waals surface area contributed by atoms with Gasteiger partial charge >= 0.3 is 6.18 Å². The standard InChI is InChI=1S/C9H6F3IN2O2S/c1-14-7-4-6(13)8(15-18(2,16)17)3-5(7)9(10,11)12/h3-4,15H,2H3. The zero-order valence-corrected chi connectivity index (χ0v) is 11.8. The molecule has 0 spiro atoms. The van der Waals surface area contributed by atoms with E-state index in [9.17, 15) is 21.6 Å². The second-order valence-corrected chi connectivity index (χ2v) is 6.24. The van der Waals surface area contributed by atoms with Gasteiger partial charge in [0.05, 0.1) is 24.1 Å². The van der Waals surface area contributed by atoms with Crippen LogP contribution < -0.4 is 4.72 Å². The summed E-state index contributed by atoms with van der Waals surface area (Å²) in [6.45, 7) is 6.69. The van der Waals surface area contributed by atoms with Crippen molar-refractivity contribution in [2.24, 2.45) is 0 Å². The smallest absolute Gasteiger partial charge is 0.283 e. The Hall–Kier alpha value is -1.02. The van der Waals surface area contributed by atoms with Gasteiger partial charge in [-0.25, -0.2) is 13.3 Å². The summed E-state index contributed by atoms with van der Waals surface area (Å²) in [5, 5.41) is 0. The molecule has 0 aromatic heterocycles. The van der Waals surface area contributed by atoms with E-state index in [1.807, 2.05) is 4.72 Å². The van der Waals surface area contributed by atoms with E-state index in [0.29, 0.717) is 6.07 Å². The first kappa shape index (κ1) is 15.0. The lowest BCUT2D eigenvalue weighted by Crippen LogP contribution is -2.13. The van der Waals surface area contributed by atoms with Crippen LogP contribution >= 0.6 is 22.6 Å². The number of nitrogens with one attached hydrogen (secondary N) is 1. The molecule has 0 heterocycles. The van der Waals surface area contributed by atoms with Gasteiger partial charge in [-0.15, -0.1) is 0 Å². The fourth-order valence-corrected chi connectivity index (χ4v) is 2.50. The van der Waals surface area contributed by atoms with Crippen LogP contribution in [0.15, 0.2) is 12.1 Å². The van der Waals surface area contributed by atoms with Gasteiger partial charge in [0.1, 0.15) is 0 Å². The van der Waals surface area contributed by atoms with E-state index < -0.39 is 27.5 Å². The number of hydrogen-bond acceptors (Lipinski definition) is 2. The molecule has 0 amide bonds. The van der Waals surface area contributed by atoms with Crippen LogP contribution in [0.25, 0.3) is 4.85 Å². The van der Waals surface area contributed by atoms with Gasteiger partial charge in [-0.05, 0) is 34.7 Å². The summed E-state index contributed by atoms with van der Waals surface area (Å²) in [5.41, 5.74) is -1.92. The molecule has 18 heavy (non-hydrogen) atoms. The van der Waals surface area contributed by atoms with Gasteiger partial charge in [-0.3, -0.25) is 4.72 Å². The Balaban J connectivity index is 3.46. The van der Waals surface area contributed by atoms with Crippen LogP contribution in [0.5, 0.6) is 0 Å².